The number of benzene rings is 1. The van der Waals surface area contributed by atoms with Crippen LogP contribution in [0.1, 0.15) is 22.3 Å². The van der Waals surface area contributed by atoms with Gasteiger partial charge in [0.15, 0.2) is 0 Å². The number of nitrogens with two attached hydrogens (primary N) is 1. The summed E-state index contributed by atoms with van der Waals surface area (Å²) in [6.45, 7) is 0.673. The van der Waals surface area contributed by atoms with Gasteiger partial charge in [-0.2, -0.15) is 0 Å². The molecular weight excluding hydrogens is 256 g/mol. The maximum atomic E-state index is 12.6. The molecule has 0 radical (unpaired) electrons. The number of fused-ring (bicyclic) bond motifs is 2. The molecule has 2 N–H and O–H groups in total. The first kappa shape index (κ1) is 12.1. The quantitative estimate of drug-likeness (QED) is 0.748. The molecule has 2 fully saturated rings. The van der Waals surface area contributed by atoms with E-state index in [9.17, 15) is 9.59 Å². The lowest BCUT2D eigenvalue weighted by molar-refractivity contribution is -0.140. The zero-order valence-corrected chi connectivity index (χ0v) is 11.0. The summed E-state index contributed by atoms with van der Waals surface area (Å²) in [6, 6.07) is 6.82. The van der Waals surface area contributed by atoms with Crippen LogP contribution in [0.25, 0.3) is 0 Å². The van der Waals surface area contributed by atoms with E-state index in [2.05, 4.69) is 0 Å². The van der Waals surface area contributed by atoms with Crippen molar-refractivity contribution in [1.29, 1.82) is 0 Å². The zero-order chi connectivity index (χ0) is 13.9. The van der Waals surface area contributed by atoms with E-state index in [4.69, 9.17) is 10.5 Å². The molecule has 2 aliphatic heterocycles. The first-order chi connectivity index (χ1) is 9.68. The van der Waals surface area contributed by atoms with Crippen molar-refractivity contribution in [3.05, 3.63) is 35.4 Å². The maximum Gasteiger partial charge on any atom is 0.261 e. The summed E-state index contributed by atoms with van der Waals surface area (Å²) in [5.74, 6) is -0.105. The summed E-state index contributed by atoms with van der Waals surface area (Å²) >= 11 is 0. The lowest BCUT2D eigenvalue weighted by Crippen LogP contribution is -2.71. The number of carbonyl (C=O) groups is 2. The van der Waals surface area contributed by atoms with Gasteiger partial charge in [0, 0.05) is 24.1 Å². The number of hydrogen-bond donors (Lipinski definition) is 1. The number of imide groups is 1. The van der Waals surface area contributed by atoms with Gasteiger partial charge in [0.05, 0.1) is 18.6 Å². The molecule has 5 nitrogen and oxygen atoms in total. The minimum Gasteiger partial charge on any atom is -0.376 e. The standard InChI is InChI=1S/C15H16N2O3/c16-12-10-5-6-20-14(10)13(12)17-11(18)7-8-3-1-2-4-9(8)15(17)19/h1-4,10,12-14H,5-7,16H2. The maximum absolute atomic E-state index is 12.6. The third-order valence-electron chi connectivity index (χ3n) is 4.78. The van der Waals surface area contributed by atoms with Crippen molar-refractivity contribution >= 4 is 11.8 Å². The predicted octanol–water partition coefficient (Wildman–Crippen LogP) is 0.326. The molecule has 0 bridgehead atoms. The monoisotopic (exact) mass is 272 g/mol. The third-order valence-corrected chi connectivity index (χ3v) is 4.78. The molecule has 1 aromatic rings. The van der Waals surface area contributed by atoms with E-state index in [1.54, 1.807) is 6.07 Å². The van der Waals surface area contributed by atoms with Crippen LogP contribution in [0.15, 0.2) is 24.3 Å². The van der Waals surface area contributed by atoms with E-state index in [-0.39, 0.29) is 42.3 Å². The van der Waals surface area contributed by atoms with Crippen LogP contribution in [0.4, 0.5) is 0 Å². The van der Waals surface area contributed by atoms with Gasteiger partial charge in [0.25, 0.3) is 5.91 Å². The largest absolute Gasteiger partial charge is 0.376 e. The molecule has 20 heavy (non-hydrogen) atoms. The summed E-state index contributed by atoms with van der Waals surface area (Å²) in [7, 11) is 0. The van der Waals surface area contributed by atoms with Crippen molar-refractivity contribution in [1.82, 2.24) is 4.90 Å². The summed E-state index contributed by atoms with van der Waals surface area (Å²) in [6.07, 6.45) is 1.13. The average Bonchev–Trinajstić information content (AvgIpc) is 2.87. The van der Waals surface area contributed by atoms with Crippen LogP contribution in [0.3, 0.4) is 0 Å². The second-order valence-electron chi connectivity index (χ2n) is 5.76. The predicted molar refractivity (Wildman–Crippen MR) is 70.9 cm³/mol. The zero-order valence-electron chi connectivity index (χ0n) is 11.0. The van der Waals surface area contributed by atoms with E-state index in [0.29, 0.717) is 12.2 Å². The molecule has 1 saturated heterocycles. The Morgan fingerprint density at radius 2 is 2.05 bits per heavy atom. The number of hydrogen-bond acceptors (Lipinski definition) is 4. The molecule has 0 spiro atoms. The van der Waals surface area contributed by atoms with Crippen LogP contribution < -0.4 is 5.73 Å². The van der Waals surface area contributed by atoms with Gasteiger partial charge in [-0.3, -0.25) is 14.5 Å². The molecule has 104 valence electrons. The van der Waals surface area contributed by atoms with Gasteiger partial charge < -0.3 is 10.5 Å². The van der Waals surface area contributed by atoms with Gasteiger partial charge in [0.1, 0.15) is 0 Å². The summed E-state index contributed by atoms with van der Waals surface area (Å²) in [5.41, 5.74) is 7.57. The second-order valence-corrected chi connectivity index (χ2v) is 5.76. The van der Waals surface area contributed by atoms with Gasteiger partial charge in [-0.05, 0) is 18.1 Å². The Hall–Kier alpha value is -1.72. The minimum atomic E-state index is -0.296. The summed E-state index contributed by atoms with van der Waals surface area (Å²) in [4.78, 5) is 26.3. The molecular formula is C15H16N2O3. The highest BCUT2D eigenvalue weighted by Crippen LogP contribution is 2.42. The molecule has 2 heterocycles. The Balaban J connectivity index is 1.69. The Morgan fingerprint density at radius 3 is 2.90 bits per heavy atom. The fraction of sp³-hybridized carbons (Fsp3) is 0.467. The topological polar surface area (TPSA) is 72.6 Å². The van der Waals surface area contributed by atoms with Crippen molar-refractivity contribution in [3.8, 4) is 0 Å². The number of amides is 2. The number of rotatable bonds is 1. The molecule has 4 unspecified atom stereocenters. The van der Waals surface area contributed by atoms with Gasteiger partial charge in [-0.1, -0.05) is 18.2 Å². The number of ether oxygens (including phenoxy) is 1. The highest BCUT2D eigenvalue weighted by Gasteiger charge is 2.57. The van der Waals surface area contributed by atoms with E-state index < -0.39 is 0 Å². The van der Waals surface area contributed by atoms with Crippen molar-refractivity contribution in [2.24, 2.45) is 11.7 Å². The van der Waals surface area contributed by atoms with Crippen LogP contribution in [-0.4, -0.2) is 41.5 Å². The fourth-order valence-electron chi connectivity index (χ4n) is 3.71. The minimum absolute atomic E-state index is 0.0665. The first-order valence-corrected chi connectivity index (χ1v) is 7.00. The smallest absolute Gasteiger partial charge is 0.261 e. The molecule has 1 aliphatic carbocycles. The SMILES string of the molecule is NC1C2CCOC2C1N1C(=O)Cc2ccccc2C1=O. The fourth-order valence-corrected chi connectivity index (χ4v) is 3.71. The average molecular weight is 272 g/mol. The Bertz CT molecular complexity index is 601. The molecule has 3 aliphatic rings. The highest BCUT2D eigenvalue weighted by molar-refractivity contribution is 6.10. The molecule has 4 atom stereocenters. The van der Waals surface area contributed by atoms with Gasteiger partial charge in [-0.15, -0.1) is 0 Å². The van der Waals surface area contributed by atoms with Crippen LogP contribution in [-0.2, 0) is 16.0 Å². The Kier molecular flexibility index (Phi) is 2.49. The molecule has 0 aromatic heterocycles. The normalized spacial score (nSPS) is 35.5. The van der Waals surface area contributed by atoms with Crippen molar-refractivity contribution in [2.75, 3.05) is 6.61 Å². The van der Waals surface area contributed by atoms with Crippen LogP contribution in [0, 0.1) is 5.92 Å². The Morgan fingerprint density at radius 1 is 1.25 bits per heavy atom. The summed E-state index contributed by atoms with van der Waals surface area (Å²) < 4.78 is 5.65. The number of nitrogens with zero attached hydrogens (tertiary/aromatic N) is 1. The third kappa shape index (κ3) is 1.45. The summed E-state index contributed by atoms with van der Waals surface area (Å²) in [5, 5.41) is 0. The second kappa shape index (κ2) is 4.14. The molecule has 2 amide bonds. The lowest BCUT2D eigenvalue weighted by atomic mass is 9.70. The van der Waals surface area contributed by atoms with Crippen LogP contribution in [0.2, 0.25) is 0 Å². The lowest BCUT2D eigenvalue weighted by Gasteiger charge is -2.50. The Labute approximate surface area is 116 Å². The molecule has 1 saturated carbocycles. The molecule has 1 aromatic carbocycles. The first-order valence-electron chi connectivity index (χ1n) is 7.00. The van der Waals surface area contributed by atoms with Gasteiger partial charge in [0.2, 0.25) is 5.91 Å². The number of carbonyl (C=O) groups excluding carboxylic acids is 2. The van der Waals surface area contributed by atoms with E-state index in [1.165, 1.54) is 4.90 Å². The molecule has 5 heteroatoms. The van der Waals surface area contributed by atoms with Crippen LogP contribution >= 0.6 is 0 Å². The van der Waals surface area contributed by atoms with E-state index >= 15 is 0 Å². The highest BCUT2D eigenvalue weighted by atomic mass is 16.5. The van der Waals surface area contributed by atoms with E-state index in [1.807, 2.05) is 18.2 Å². The van der Waals surface area contributed by atoms with Gasteiger partial charge >= 0.3 is 0 Å². The van der Waals surface area contributed by atoms with E-state index in [0.717, 1.165) is 12.0 Å². The van der Waals surface area contributed by atoms with Crippen molar-refractivity contribution < 1.29 is 14.3 Å². The van der Waals surface area contributed by atoms with Crippen LogP contribution in [0.5, 0.6) is 0 Å². The van der Waals surface area contributed by atoms with Gasteiger partial charge in [-0.25, -0.2) is 0 Å². The molecule has 4 rings (SSSR count). The van der Waals surface area contributed by atoms with Crippen molar-refractivity contribution in [3.63, 3.8) is 0 Å². The van der Waals surface area contributed by atoms with Crippen molar-refractivity contribution in [2.45, 2.75) is 31.0 Å².